The van der Waals surface area contributed by atoms with Gasteiger partial charge in [0.2, 0.25) is 5.13 Å². The molecule has 3 aromatic heterocycles. The van der Waals surface area contributed by atoms with Crippen LogP contribution >= 0.6 is 11.5 Å². The highest BCUT2D eigenvalue weighted by Gasteiger charge is 2.12. The number of nitrogens with one attached hydrogen (secondary N) is 1. The molecular weight excluding hydrogens is 293 g/mol. The Bertz CT molecular complexity index is 777. The predicted molar refractivity (Wildman–Crippen MR) is 75.3 cm³/mol. The number of nitrogens with zero attached hydrogens (tertiary/aromatic N) is 4. The maximum absolute atomic E-state index is 13.0. The minimum absolute atomic E-state index is 0.121. The molecule has 3 heterocycles. The molecule has 21 heavy (non-hydrogen) atoms. The van der Waals surface area contributed by atoms with Crippen LogP contribution in [0.5, 0.6) is 0 Å². The van der Waals surface area contributed by atoms with Crippen molar-refractivity contribution < 1.29 is 9.18 Å². The monoisotopic (exact) mass is 301 g/mol. The normalized spacial score (nSPS) is 10.3. The van der Waals surface area contributed by atoms with Gasteiger partial charge in [0.1, 0.15) is 5.82 Å². The summed E-state index contributed by atoms with van der Waals surface area (Å²) in [5.74, 6) is -0.563. The number of anilines is 1. The summed E-state index contributed by atoms with van der Waals surface area (Å²) in [4.78, 5) is 23.7. The Kier molecular flexibility index (Phi) is 3.61. The van der Waals surface area contributed by atoms with E-state index < -0.39 is 11.7 Å². The van der Waals surface area contributed by atoms with Gasteiger partial charge in [0, 0.05) is 35.7 Å². The Morgan fingerprint density at radius 2 is 2.00 bits per heavy atom. The molecule has 0 fully saturated rings. The molecule has 0 aliphatic heterocycles. The van der Waals surface area contributed by atoms with Crippen LogP contribution in [0.15, 0.2) is 43.0 Å². The van der Waals surface area contributed by atoms with Crippen LogP contribution < -0.4 is 5.32 Å². The first-order valence-corrected chi connectivity index (χ1v) is 6.66. The number of hydrogen-bond acceptors (Lipinski definition) is 6. The zero-order valence-electron chi connectivity index (χ0n) is 10.5. The van der Waals surface area contributed by atoms with E-state index in [9.17, 15) is 9.18 Å². The van der Waals surface area contributed by atoms with Gasteiger partial charge in [0.25, 0.3) is 5.91 Å². The van der Waals surface area contributed by atoms with Crippen LogP contribution in [0.1, 0.15) is 10.4 Å². The number of hydrogen-bond donors (Lipinski definition) is 1. The van der Waals surface area contributed by atoms with E-state index in [1.165, 1.54) is 6.20 Å². The second-order valence-electron chi connectivity index (χ2n) is 4.00. The highest BCUT2D eigenvalue weighted by atomic mass is 32.1. The van der Waals surface area contributed by atoms with Gasteiger partial charge in [-0.15, -0.1) is 0 Å². The summed E-state index contributed by atoms with van der Waals surface area (Å²) in [7, 11) is 0. The third kappa shape index (κ3) is 3.06. The fourth-order valence-electron chi connectivity index (χ4n) is 1.60. The Balaban J connectivity index is 1.77. The predicted octanol–water partition coefficient (Wildman–Crippen LogP) is 2.39. The van der Waals surface area contributed by atoms with Crippen molar-refractivity contribution in [2.45, 2.75) is 0 Å². The first kappa shape index (κ1) is 13.3. The number of halogens is 1. The summed E-state index contributed by atoms with van der Waals surface area (Å²) in [6, 6.07) is 4.64. The SMILES string of the molecule is O=C(Nc1nc(-c2ccncc2)ns1)c1cncc(F)c1. The number of carbonyl (C=O) groups is 1. The van der Waals surface area contributed by atoms with E-state index in [0.29, 0.717) is 11.0 Å². The molecule has 0 saturated heterocycles. The minimum atomic E-state index is -0.572. The van der Waals surface area contributed by atoms with Crippen molar-refractivity contribution in [1.82, 2.24) is 19.3 Å². The van der Waals surface area contributed by atoms with E-state index in [2.05, 4.69) is 24.6 Å². The van der Waals surface area contributed by atoms with Crippen LogP contribution in [0.3, 0.4) is 0 Å². The number of rotatable bonds is 3. The maximum Gasteiger partial charge on any atom is 0.259 e. The highest BCUT2D eigenvalue weighted by Crippen LogP contribution is 2.20. The third-order valence-electron chi connectivity index (χ3n) is 2.55. The second kappa shape index (κ2) is 5.71. The highest BCUT2D eigenvalue weighted by molar-refractivity contribution is 7.10. The summed E-state index contributed by atoms with van der Waals surface area (Å²) < 4.78 is 17.2. The molecule has 0 spiro atoms. The van der Waals surface area contributed by atoms with Crippen LogP contribution in [-0.4, -0.2) is 25.2 Å². The van der Waals surface area contributed by atoms with Crippen LogP contribution in [0.25, 0.3) is 11.4 Å². The molecule has 8 heteroatoms. The van der Waals surface area contributed by atoms with Crippen molar-refractivity contribution >= 4 is 22.6 Å². The van der Waals surface area contributed by atoms with Crippen molar-refractivity contribution in [3.63, 3.8) is 0 Å². The number of carbonyl (C=O) groups excluding carboxylic acids is 1. The molecular formula is C13H8FN5OS. The van der Waals surface area contributed by atoms with E-state index in [1.54, 1.807) is 24.5 Å². The first-order valence-electron chi connectivity index (χ1n) is 5.88. The Labute approximate surface area is 122 Å². The van der Waals surface area contributed by atoms with Crippen molar-refractivity contribution in [3.8, 4) is 11.4 Å². The molecule has 1 N–H and O–H groups in total. The van der Waals surface area contributed by atoms with Crippen LogP contribution in [0, 0.1) is 5.82 Å². The molecule has 6 nitrogen and oxygen atoms in total. The van der Waals surface area contributed by atoms with Gasteiger partial charge >= 0.3 is 0 Å². The quantitative estimate of drug-likeness (QED) is 0.803. The summed E-state index contributed by atoms with van der Waals surface area (Å²) in [5, 5.41) is 2.89. The molecule has 104 valence electrons. The van der Waals surface area contributed by atoms with E-state index in [0.717, 1.165) is 29.4 Å². The van der Waals surface area contributed by atoms with Crippen molar-refractivity contribution in [2.24, 2.45) is 0 Å². The fourth-order valence-corrected chi connectivity index (χ4v) is 2.18. The fraction of sp³-hybridized carbons (Fsp3) is 0. The summed E-state index contributed by atoms with van der Waals surface area (Å²) in [6.45, 7) is 0. The van der Waals surface area contributed by atoms with Gasteiger partial charge in [-0.25, -0.2) is 4.39 Å². The molecule has 3 rings (SSSR count). The van der Waals surface area contributed by atoms with Gasteiger partial charge in [-0.05, 0) is 18.2 Å². The number of aromatic nitrogens is 4. The molecule has 0 saturated carbocycles. The lowest BCUT2D eigenvalue weighted by Gasteiger charge is -2.00. The smallest absolute Gasteiger partial charge is 0.259 e. The lowest BCUT2D eigenvalue weighted by molar-refractivity contribution is 0.102. The lowest BCUT2D eigenvalue weighted by Crippen LogP contribution is -2.12. The zero-order chi connectivity index (χ0) is 14.7. The Morgan fingerprint density at radius 1 is 1.19 bits per heavy atom. The summed E-state index contributed by atoms with van der Waals surface area (Å²) in [6.07, 6.45) is 5.58. The Hall–Kier alpha value is -2.74. The van der Waals surface area contributed by atoms with Crippen molar-refractivity contribution in [1.29, 1.82) is 0 Å². The minimum Gasteiger partial charge on any atom is -0.297 e. The molecule has 3 aromatic rings. The second-order valence-corrected chi connectivity index (χ2v) is 4.76. The lowest BCUT2D eigenvalue weighted by atomic mass is 10.2. The van der Waals surface area contributed by atoms with Gasteiger partial charge in [-0.3, -0.25) is 20.1 Å². The molecule has 0 aliphatic carbocycles. The average molecular weight is 301 g/mol. The molecule has 0 bridgehead atoms. The van der Waals surface area contributed by atoms with Gasteiger partial charge in [0.15, 0.2) is 5.82 Å². The number of pyridine rings is 2. The van der Waals surface area contributed by atoms with Gasteiger partial charge in [-0.2, -0.15) is 9.36 Å². The summed E-state index contributed by atoms with van der Waals surface area (Å²) >= 11 is 1.04. The average Bonchev–Trinajstić information content (AvgIpc) is 2.97. The summed E-state index contributed by atoms with van der Waals surface area (Å²) in [5.41, 5.74) is 0.921. The molecule has 0 aliphatic rings. The van der Waals surface area contributed by atoms with Crippen LogP contribution in [0.4, 0.5) is 9.52 Å². The van der Waals surface area contributed by atoms with E-state index in [4.69, 9.17) is 0 Å². The maximum atomic E-state index is 13.0. The standard InChI is InChI=1S/C13H8FN5OS/c14-10-5-9(6-16-7-10)12(20)18-13-17-11(19-21-13)8-1-3-15-4-2-8/h1-7H,(H,17,18,19,20). The van der Waals surface area contributed by atoms with Crippen LogP contribution in [-0.2, 0) is 0 Å². The van der Waals surface area contributed by atoms with Crippen molar-refractivity contribution in [3.05, 3.63) is 54.4 Å². The topological polar surface area (TPSA) is 80.7 Å². The Morgan fingerprint density at radius 3 is 2.76 bits per heavy atom. The van der Waals surface area contributed by atoms with Crippen LogP contribution in [0.2, 0.25) is 0 Å². The number of amides is 1. The first-order chi connectivity index (χ1) is 10.2. The van der Waals surface area contributed by atoms with E-state index in [-0.39, 0.29) is 5.56 Å². The van der Waals surface area contributed by atoms with Gasteiger partial charge < -0.3 is 0 Å². The van der Waals surface area contributed by atoms with Gasteiger partial charge in [0.05, 0.1) is 11.8 Å². The molecule has 0 radical (unpaired) electrons. The van der Waals surface area contributed by atoms with E-state index >= 15 is 0 Å². The van der Waals surface area contributed by atoms with Gasteiger partial charge in [-0.1, -0.05) is 0 Å². The largest absolute Gasteiger partial charge is 0.297 e. The third-order valence-corrected chi connectivity index (χ3v) is 3.18. The molecule has 0 unspecified atom stereocenters. The molecule has 0 atom stereocenters. The molecule has 0 aromatic carbocycles. The van der Waals surface area contributed by atoms with E-state index in [1.807, 2.05) is 0 Å². The van der Waals surface area contributed by atoms with Crippen molar-refractivity contribution in [2.75, 3.05) is 5.32 Å². The molecule has 1 amide bonds. The zero-order valence-corrected chi connectivity index (χ0v) is 11.3.